The minimum Gasteiger partial charge on any atom is -0.334 e. The second-order valence-electron chi connectivity index (χ2n) is 10.6. The number of hydrogen-bond acceptors (Lipinski definition) is 5. The molecule has 2 aromatic heterocycles. The number of aromatic nitrogens is 3. The first kappa shape index (κ1) is 22.9. The Bertz CT molecular complexity index is 1750. The van der Waals surface area contributed by atoms with E-state index >= 15 is 4.39 Å². The zero-order valence-corrected chi connectivity index (χ0v) is 21.0. The fraction of sp³-hybridized carbons (Fsp3) is 0.357. The topological polar surface area (TPSA) is 122 Å². The first-order chi connectivity index (χ1) is 18.3. The summed E-state index contributed by atoms with van der Waals surface area (Å²) >= 11 is 0. The van der Waals surface area contributed by atoms with Gasteiger partial charge in [0.05, 0.1) is 28.0 Å². The van der Waals surface area contributed by atoms with E-state index in [1.54, 1.807) is 28.6 Å². The van der Waals surface area contributed by atoms with Crippen LogP contribution in [0.25, 0.3) is 33.5 Å². The fourth-order valence-corrected chi connectivity index (χ4v) is 6.83. The highest BCUT2D eigenvalue weighted by Gasteiger charge is 2.47. The highest BCUT2D eigenvalue weighted by Crippen LogP contribution is 2.42. The van der Waals surface area contributed by atoms with Crippen molar-refractivity contribution in [1.82, 2.24) is 19.0 Å². The van der Waals surface area contributed by atoms with Crippen molar-refractivity contribution >= 4 is 39.4 Å². The second kappa shape index (κ2) is 7.88. The minimum absolute atomic E-state index is 0.00331. The van der Waals surface area contributed by atoms with Gasteiger partial charge >= 0.3 is 0 Å². The number of imidazole rings is 1. The van der Waals surface area contributed by atoms with E-state index in [0.29, 0.717) is 47.2 Å². The molecule has 4 atom stereocenters. The van der Waals surface area contributed by atoms with Gasteiger partial charge in [-0.05, 0) is 49.4 Å². The maximum atomic E-state index is 15.6. The molecule has 1 unspecified atom stereocenters. The van der Waals surface area contributed by atoms with Crippen molar-refractivity contribution in [2.24, 2.45) is 18.7 Å². The van der Waals surface area contributed by atoms with Crippen molar-refractivity contribution in [2.75, 3.05) is 11.9 Å². The molecule has 38 heavy (non-hydrogen) atoms. The largest absolute Gasteiger partial charge is 0.334 e. The van der Waals surface area contributed by atoms with E-state index in [2.05, 4.69) is 11.4 Å². The minimum atomic E-state index is -0.534. The number of rotatable bonds is 3. The molecule has 4 aromatic rings. The number of likely N-dealkylation sites (tertiary alicyclic amines) is 1. The number of aryl methyl sites for hydroxylation is 1. The smallest absolute Gasteiger partial charge is 0.254 e. The number of amides is 2. The molecule has 3 N–H and O–H groups in total. The van der Waals surface area contributed by atoms with Gasteiger partial charge in [0.25, 0.3) is 5.91 Å². The molecule has 1 aliphatic carbocycles. The van der Waals surface area contributed by atoms with Crippen LogP contribution in [0.4, 0.5) is 10.1 Å². The predicted octanol–water partition coefficient (Wildman–Crippen LogP) is 3.67. The number of nitrogens with two attached hydrogens (primary N) is 1. The number of nitrogens with zero attached hydrogens (tertiary/aromatic N) is 5. The van der Waals surface area contributed by atoms with Crippen LogP contribution in [0.3, 0.4) is 0 Å². The number of nitrogens with one attached hydrogen (secondary N) is 1. The molecule has 2 fully saturated rings. The Morgan fingerprint density at radius 2 is 2.08 bits per heavy atom. The van der Waals surface area contributed by atoms with Crippen LogP contribution in [-0.2, 0) is 11.8 Å². The fourth-order valence-electron chi connectivity index (χ4n) is 6.83. The third-order valence-electron chi connectivity index (χ3n) is 8.68. The number of fused-ring (bicyclic) bond motifs is 3. The zero-order chi connectivity index (χ0) is 26.5. The zero-order valence-electron chi connectivity index (χ0n) is 21.0. The van der Waals surface area contributed by atoms with Gasteiger partial charge in [-0.1, -0.05) is 13.0 Å². The highest BCUT2D eigenvalue weighted by atomic mass is 19.1. The molecule has 3 aliphatic rings. The summed E-state index contributed by atoms with van der Waals surface area (Å²) in [5.74, 6) is -0.195. The van der Waals surface area contributed by atoms with Gasteiger partial charge in [0.2, 0.25) is 5.91 Å². The van der Waals surface area contributed by atoms with E-state index < -0.39 is 11.9 Å². The van der Waals surface area contributed by atoms with Crippen molar-refractivity contribution in [2.45, 2.75) is 44.3 Å². The number of nitriles is 1. The van der Waals surface area contributed by atoms with Gasteiger partial charge in [-0.2, -0.15) is 5.26 Å². The lowest BCUT2D eigenvalue weighted by molar-refractivity contribution is -0.119. The van der Waals surface area contributed by atoms with Crippen molar-refractivity contribution in [3.63, 3.8) is 0 Å². The Hall–Kier alpha value is -4.23. The quantitative estimate of drug-likeness (QED) is 0.435. The number of anilines is 1. The molecule has 2 aliphatic heterocycles. The number of benzene rings is 2. The lowest BCUT2D eigenvalue weighted by atomic mass is 10.1. The number of hydrogen-bond donors (Lipinski definition) is 2. The Labute approximate surface area is 217 Å². The lowest BCUT2D eigenvalue weighted by Crippen LogP contribution is -2.41. The van der Waals surface area contributed by atoms with Gasteiger partial charge in [-0.3, -0.25) is 9.59 Å². The van der Waals surface area contributed by atoms with E-state index in [0.717, 1.165) is 23.7 Å². The number of carbonyl (C=O) groups excluding carboxylic acids is 2. The van der Waals surface area contributed by atoms with Gasteiger partial charge < -0.3 is 25.1 Å². The number of carbonyl (C=O) groups is 2. The van der Waals surface area contributed by atoms with Crippen LogP contribution in [0.1, 0.15) is 48.1 Å². The van der Waals surface area contributed by atoms with Crippen LogP contribution in [0.5, 0.6) is 0 Å². The van der Waals surface area contributed by atoms with Crippen molar-refractivity contribution in [1.29, 1.82) is 5.26 Å². The van der Waals surface area contributed by atoms with Crippen LogP contribution in [0.15, 0.2) is 30.3 Å². The molecule has 7 rings (SSSR count). The maximum Gasteiger partial charge on any atom is 0.254 e. The first-order valence-corrected chi connectivity index (χ1v) is 12.9. The van der Waals surface area contributed by atoms with Crippen LogP contribution >= 0.6 is 0 Å². The Morgan fingerprint density at radius 3 is 2.76 bits per heavy atom. The summed E-state index contributed by atoms with van der Waals surface area (Å²) in [5, 5.41) is 13.4. The summed E-state index contributed by atoms with van der Waals surface area (Å²) < 4.78 is 19.1. The van der Waals surface area contributed by atoms with E-state index in [1.165, 1.54) is 6.07 Å². The third-order valence-corrected chi connectivity index (χ3v) is 8.68. The van der Waals surface area contributed by atoms with Gasteiger partial charge in [-0.25, -0.2) is 9.37 Å². The van der Waals surface area contributed by atoms with E-state index in [1.807, 2.05) is 23.6 Å². The summed E-state index contributed by atoms with van der Waals surface area (Å²) in [5.41, 5.74) is 9.43. The average Bonchev–Trinajstić information content (AvgIpc) is 3.64. The maximum absolute atomic E-state index is 15.6. The summed E-state index contributed by atoms with van der Waals surface area (Å²) in [4.78, 5) is 33.0. The van der Waals surface area contributed by atoms with E-state index in [4.69, 9.17) is 10.7 Å². The monoisotopic (exact) mass is 511 g/mol. The number of piperidine rings is 1. The molecule has 1 saturated carbocycles. The van der Waals surface area contributed by atoms with Crippen molar-refractivity contribution < 1.29 is 14.0 Å². The molecule has 0 spiro atoms. The Balaban J connectivity index is 1.39. The standard InChI is InChI=1S/C28H26FN7O2/c1-3-19-27(37)33-23-14(11-30)5-4-13-10-21(36(19)24(13)23)26-32-18-9-16(8-17(29)25(18)34(26)2)28(38)35-12-15-6-7-20(35)22(15)31/h4-5,8-10,15,19-20,22H,3,6-7,12,31H2,1-2H3,(H,33,37)/t15-,19?,20-,22-/m1/s1. The van der Waals surface area contributed by atoms with Gasteiger partial charge in [0.1, 0.15) is 23.4 Å². The molecule has 10 heteroatoms. The van der Waals surface area contributed by atoms with Crippen molar-refractivity contribution in [3.8, 4) is 17.6 Å². The van der Waals surface area contributed by atoms with E-state index in [9.17, 15) is 14.9 Å². The molecule has 4 heterocycles. The molecule has 2 amide bonds. The molecular weight excluding hydrogens is 485 g/mol. The van der Waals surface area contributed by atoms with Gasteiger partial charge in [0, 0.05) is 36.6 Å². The SMILES string of the molecule is CCC1C(=O)Nc2c(C#N)ccc3cc(-c4nc5cc(C(=O)N6C[C@H]7CC[C@@H]6[C@@H]7N)cc(F)c5n4C)n1c23. The van der Waals surface area contributed by atoms with Crippen LogP contribution in [0.2, 0.25) is 0 Å². The summed E-state index contributed by atoms with van der Waals surface area (Å²) in [6.45, 7) is 2.52. The predicted molar refractivity (Wildman–Crippen MR) is 140 cm³/mol. The molecular formula is C28H26FN7O2. The first-order valence-electron chi connectivity index (χ1n) is 12.9. The Kier molecular flexibility index (Phi) is 4.76. The normalized spacial score (nSPS) is 23.9. The van der Waals surface area contributed by atoms with Crippen LogP contribution in [0, 0.1) is 23.1 Å². The average molecular weight is 512 g/mol. The van der Waals surface area contributed by atoms with Gasteiger partial charge in [0.15, 0.2) is 5.82 Å². The van der Waals surface area contributed by atoms with E-state index in [-0.39, 0.29) is 35.0 Å². The third kappa shape index (κ3) is 2.90. The van der Waals surface area contributed by atoms with Crippen LogP contribution < -0.4 is 11.1 Å². The molecule has 192 valence electrons. The second-order valence-corrected chi connectivity index (χ2v) is 10.6. The van der Waals surface area contributed by atoms with Crippen LogP contribution in [-0.4, -0.2) is 49.5 Å². The summed E-state index contributed by atoms with van der Waals surface area (Å²) in [6, 6.07) is 9.98. The molecule has 2 bridgehead atoms. The molecule has 0 radical (unpaired) electrons. The number of halogens is 1. The molecule has 1 saturated heterocycles. The van der Waals surface area contributed by atoms with Gasteiger partial charge in [-0.15, -0.1) is 0 Å². The summed E-state index contributed by atoms with van der Waals surface area (Å²) in [6.07, 6.45) is 2.42. The summed E-state index contributed by atoms with van der Waals surface area (Å²) in [7, 11) is 1.73. The molecule has 9 nitrogen and oxygen atoms in total. The Morgan fingerprint density at radius 1 is 1.26 bits per heavy atom. The lowest BCUT2D eigenvalue weighted by Gasteiger charge is -2.27. The van der Waals surface area contributed by atoms with Crippen molar-refractivity contribution in [3.05, 3.63) is 47.3 Å². The highest BCUT2D eigenvalue weighted by molar-refractivity contribution is 6.10. The molecule has 2 aromatic carbocycles.